The molecule has 0 saturated carbocycles. The summed E-state index contributed by atoms with van der Waals surface area (Å²) in [5.41, 5.74) is 2.46. The largest absolute Gasteiger partial charge is 0.461 e. The summed E-state index contributed by atoms with van der Waals surface area (Å²) in [5.74, 6) is 1.96. The lowest BCUT2D eigenvalue weighted by Crippen LogP contribution is -2.38. The second-order valence-corrected chi connectivity index (χ2v) is 5.44. The molecular weight excluding hydrogens is 222 g/mol. The Morgan fingerprint density at radius 1 is 1.06 bits per heavy atom. The van der Waals surface area contributed by atoms with Gasteiger partial charge in [-0.3, -0.25) is 0 Å². The second-order valence-electron chi connectivity index (χ2n) is 5.44. The van der Waals surface area contributed by atoms with Crippen LogP contribution >= 0.6 is 0 Å². The maximum absolute atomic E-state index is 5.91. The fourth-order valence-electron chi connectivity index (χ4n) is 1.87. The third-order valence-electron chi connectivity index (χ3n) is 3.29. The molecule has 0 aliphatic heterocycles. The van der Waals surface area contributed by atoms with Gasteiger partial charge in [0.2, 0.25) is 0 Å². The molecule has 0 amide bonds. The zero-order chi connectivity index (χ0) is 13.2. The Labute approximate surface area is 109 Å². The molecule has 0 fully saturated rings. The molecule has 2 aromatic rings. The molecule has 1 aromatic carbocycles. The topological polar surface area (TPSA) is 25.2 Å². The van der Waals surface area contributed by atoms with Crippen molar-refractivity contribution in [1.82, 2.24) is 5.32 Å². The van der Waals surface area contributed by atoms with Gasteiger partial charge in [0, 0.05) is 17.5 Å². The summed E-state index contributed by atoms with van der Waals surface area (Å²) in [5, 5.41) is 3.29. The lowest BCUT2D eigenvalue weighted by molar-refractivity contribution is 0.380. The standard InChI is InChI=1S/C16H21NO/c1-12-5-7-13(8-6-12)15-10-9-14(18-15)11-16(2,3)17-4/h5-10,17H,11H2,1-4H3. The van der Waals surface area contributed by atoms with Crippen LogP contribution in [0.15, 0.2) is 40.8 Å². The number of nitrogens with one attached hydrogen (secondary N) is 1. The van der Waals surface area contributed by atoms with E-state index in [-0.39, 0.29) is 5.54 Å². The summed E-state index contributed by atoms with van der Waals surface area (Å²) in [6.45, 7) is 6.43. The van der Waals surface area contributed by atoms with Crippen LogP contribution in [0.5, 0.6) is 0 Å². The van der Waals surface area contributed by atoms with Crippen molar-refractivity contribution >= 4 is 0 Å². The van der Waals surface area contributed by atoms with E-state index in [9.17, 15) is 0 Å². The molecule has 96 valence electrons. The van der Waals surface area contributed by atoms with Gasteiger partial charge in [-0.05, 0) is 40.0 Å². The molecule has 2 rings (SSSR count). The molecular formula is C16H21NO. The minimum atomic E-state index is 0.0579. The highest BCUT2D eigenvalue weighted by Crippen LogP contribution is 2.24. The SMILES string of the molecule is CNC(C)(C)Cc1ccc(-c2ccc(C)cc2)o1. The van der Waals surface area contributed by atoms with Crippen molar-refractivity contribution in [3.05, 3.63) is 47.7 Å². The summed E-state index contributed by atoms with van der Waals surface area (Å²) in [6, 6.07) is 12.5. The lowest BCUT2D eigenvalue weighted by Gasteiger charge is -2.22. The molecule has 0 bridgehead atoms. The van der Waals surface area contributed by atoms with E-state index in [1.165, 1.54) is 5.56 Å². The zero-order valence-electron chi connectivity index (χ0n) is 11.6. The van der Waals surface area contributed by atoms with Crippen molar-refractivity contribution in [3.8, 4) is 11.3 Å². The van der Waals surface area contributed by atoms with Gasteiger partial charge in [-0.2, -0.15) is 0 Å². The van der Waals surface area contributed by atoms with Crippen molar-refractivity contribution in [2.45, 2.75) is 32.7 Å². The molecule has 0 unspecified atom stereocenters. The molecule has 0 aliphatic carbocycles. The highest BCUT2D eigenvalue weighted by Gasteiger charge is 2.17. The minimum Gasteiger partial charge on any atom is -0.461 e. The van der Waals surface area contributed by atoms with Crippen molar-refractivity contribution in [2.24, 2.45) is 0 Å². The van der Waals surface area contributed by atoms with Crippen molar-refractivity contribution in [2.75, 3.05) is 7.05 Å². The molecule has 0 radical (unpaired) electrons. The van der Waals surface area contributed by atoms with E-state index in [4.69, 9.17) is 4.42 Å². The van der Waals surface area contributed by atoms with Crippen LogP contribution in [0.2, 0.25) is 0 Å². The van der Waals surface area contributed by atoms with Crippen LogP contribution in [0.25, 0.3) is 11.3 Å². The van der Waals surface area contributed by atoms with Crippen LogP contribution in [0.3, 0.4) is 0 Å². The highest BCUT2D eigenvalue weighted by molar-refractivity contribution is 5.57. The third-order valence-corrected chi connectivity index (χ3v) is 3.29. The Morgan fingerprint density at radius 2 is 1.72 bits per heavy atom. The quantitative estimate of drug-likeness (QED) is 0.883. The van der Waals surface area contributed by atoms with Crippen LogP contribution in [0.1, 0.15) is 25.2 Å². The average molecular weight is 243 g/mol. The van der Waals surface area contributed by atoms with Crippen molar-refractivity contribution in [1.29, 1.82) is 0 Å². The summed E-state index contributed by atoms with van der Waals surface area (Å²) >= 11 is 0. The van der Waals surface area contributed by atoms with E-state index >= 15 is 0 Å². The van der Waals surface area contributed by atoms with Crippen LogP contribution in [0, 0.1) is 6.92 Å². The van der Waals surface area contributed by atoms with Crippen molar-refractivity contribution < 1.29 is 4.42 Å². The summed E-state index contributed by atoms with van der Waals surface area (Å²) in [4.78, 5) is 0. The fraction of sp³-hybridized carbons (Fsp3) is 0.375. The van der Waals surface area contributed by atoms with E-state index in [0.717, 1.165) is 23.5 Å². The Hall–Kier alpha value is -1.54. The predicted octanol–water partition coefficient (Wildman–Crippen LogP) is 3.80. The monoisotopic (exact) mass is 243 g/mol. The molecule has 0 spiro atoms. The van der Waals surface area contributed by atoms with Crippen LogP contribution in [-0.4, -0.2) is 12.6 Å². The third kappa shape index (κ3) is 3.02. The van der Waals surface area contributed by atoms with E-state index < -0.39 is 0 Å². The molecule has 1 N–H and O–H groups in total. The molecule has 1 aromatic heterocycles. The number of rotatable bonds is 4. The lowest BCUT2D eigenvalue weighted by atomic mass is 10.00. The van der Waals surface area contributed by atoms with Crippen molar-refractivity contribution in [3.63, 3.8) is 0 Å². The summed E-state index contributed by atoms with van der Waals surface area (Å²) < 4.78 is 5.91. The highest BCUT2D eigenvalue weighted by atomic mass is 16.3. The number of furan rings is 1. The van der Waals surface area contributed by atoms with Gasteiger partial charge in [0.25, 0.3) is 0 Å². The van der Waals surface area contributed by atoms with Gasteiger partial charge in [0.05, 0.1) is 0 Å². The first kappa shape index (κ1) is 12.9. The molecule has 0 atom stereocenters. The first-order valence-electron chi connectivity index (χ1n) is 6.35. The average Bonchev–Trinajstić information content (AvgIpc) is 2.78. The Balaban J connectivity index is 2.18. The number of hydrogen-bond donors (Lipinski definition) is 1. The fourth-order valence-corrected chi connectivity index (χ4v) is 1.87. The Morgan fingerprint density at radius 3 is 2.33 bits per heavy atom. The number of likely N-dealkylation sites (N-methyl/N-ethyl adjacent to an activating group) is 1. The van der Waals surface area contributed by atoms with E-state index in [1.807, 2.05) is 13.1 Å². The molecule has 0 saturated heterocycles. The van der Waals surface area contributed by atoms with Gasteiger partial charge < -0.3 is 9.73 Å². The maximum Gasteiger partial charge on any atom is 0.134 e. The van der Waals surface area contributed by atoms with E-state index in [2.05, 4.69) is 56.4 Å². The molecule has 1 heterocycles. The Bertz CT molecular complexity index is 508. The first-order valence-corrected chi connectivity index (χ1v) is 6.35. The zero-order valence-corrected chi connectivity index (χ0v) is 11.6. The van der Waals surface area contributed by atoms with Gasteiger partial charge in [-0.15, -0.1) is 0 Å². The minimum absolute atomic E-state index is 0.0579. The molecule has 18 heavy (non-hydrogen) atoms. The van der Waals surface area contributed by atoms with Crippen LogP contribution in [-0.2, 0) is 6.42 Å². The van der Waals surface area contributed by atoms with Gasteiger partial charge in [0.15, 0.2) is 0 Å². The van der Waals surface area contributed by atoms with E-state index in [0.29, 0.717) is 0 Å². The number of aryl methyl sites for hydroxylation is 1. The van der Waals surface area contributed by atoms with Crippen LogP contribution < -0.4 is 5.32 Å². The molecule has 2 nitrogen and oxygen atoms in total. The first-order chi connectivity index (χ1) is 8.50. The van der Waals surface area contributed by atoms with Gasteiger partial charge >= 0.3 is 0 Å². The predicted molar refractivity (Wildman–Crippen MR) is 75.7 cm³/mol. The summed E-state index contributed by atoms with van der Waals surface area (Å²) in [6.07, 6.45) is 0.884. The molecule has 0 aliphatic rings. The van der Waals surface area contributed by atoms with Gasteiger partial charge in [-0.1, -0.05) is 29.8 Å². The van der Waals surface area contributed by atoms with E-state index in [1.54, 1.807) is 0 Å². The summed E-state index contributed by atoms with van der Waals surface area (Å²) in [7, 11) is 1.98. The normalized spacial score (nSPS) is 11.8. The molecule has 2 heteroatoms. The number of hydrogen-bond acceptors (Lipinski definition) is 2. The maximum atomic E-state index is 5.91. The Kier molecular flexibility index (Phi) is 3.58. The van der Waals surface area contributed by atoms with Gasteiger partial charge in [-0.25, -0.2) is 0 Å². The smallest absolute Gasteiger partial charge is 0.134 e. The number of benzene rings is 1. The van der Waals surface area contributed by atoms with Crippen LogP contribution in [0.4, 0.5) is 0 Å². The second kappa shape index (κ2) is 4.99. The van der Waals surface area contributed by atoms with Gasteiger partial charge in [0.1, 0.15) is 11.5 Å².